The van der Waals surface area contributed by atoms with Crippen LogP contribution >= 0.6 is 0 Å². The first-order valence-electron chi connectivity index (χ1n) is 6.42. The highest BCUT2D eigenvalue weighted by Gasteiger charge is 2.19. The van der Waals surface area contributed by atoms with Gasteiger partial charge in [0.2, 0.25) is 0 Å². The minimum absolute atomic E-state index is 1.11. The fourth-order valence-corrected chi connectivity index (χ4v) is 3.22. The summed E-state index contributed by atoms with van der Waals surface area (Å²) in [7, 11) is 0. The molecule has 1 aliphatic rings. The Bertz CT molecular complexity index is 534. The first-order valence-corrected chi connectivity index (χ1v) is 6.42. The van der Waals surface area contributed by atoms with Crippen molar-refractivity contribution in [1.29, 1.82) is 0 Å². The second kappa shape index (κ2) is 3.65. The minimum atomic E-state index is 1.11. The molecule has 1 aromatic carbocycles. The Labute approximate surface area is 97.1 Å². The maximum Gasteiger partial charge on any atom is 0.0514 e. The zero-order valence-electron chi connectivity index (χ0n) is 10.2. The van der Waals surface area contributed by atoms with E-state index in [2.05, 4.69) is 36.6 Å². The van der Waals surface area contributed by atoms with Crippen molar-refractivity contribution in [1.82, 2.24) is 4.57 Å². The number of para-hydroxylation sites is 1. The van der Waals surface area contributed by atoms with Crippen LogP contribution in [0.3, 0.4) is 0 Å². The van der Waals surface area contributed by atoms with Gasteiger partial charge in [-0.05, 0) is 50.7 Å². The summed E-state index contributed by atoms with van der Waals surface area (Å²) in [6.07, 6.45) is 5.28. The maximum absolute atomic E-state index is 2.54. The molecule has 0 atom stereocenters. The number of rotatable bonds is 1. The molecule has 3 rings (SSSR count). The van der Waals surface area contributed by atoms with Crippen LogP contribution in [-0.2, 0) is 19.4 Å². The quantitative estimate of drug-likeness (QED) is 0.678. The third-order valence-electron chi connectivity index (χ3n) is 3.91. The summed E-state index contributed by atoms with van der Waals surface area (Å²) in [6.45, 7) is 5.61. The summed E-state index contributed by atoms with van der Waals surface area (Å²) >= 11 is 0. The van der Waals surface area contributed by atoms with Crippen molar-refractivity contribution in [2.75, 3.05) is 0 Å². The Balaban J connectivity index is 2.42. The number of hydrogen-bond donors (Lipinski definition) is 0. The van der Waals surface area contributed by atoms with Gasteiger partial charge >= 0.3 is 0 Å². The van der Waals surface area contributed by atoms with Crippen LogP contribution in [0.1, 0.15) is 36.6 Å². The van der Waals surface area contributed by atoms with E-state index in [1.807, 2.05) is 0 Å². The van der Waals surface area contributed by atoms with E-state index in [0.717, 1.165) is 6.54 Å². The Morgan fingerprint density at radius 3 is 2.81 bits per heavy atom. The van der Waals surface area contributed by atoms with Crippen molar-refractivity contribution < 1.29 is 0 Å². The molecule has 0 bridgehead atoms. The van der Waals surface area contributed by atoms with E-state index in [4.69, 9.17) is 0 Å². The van der Waals surface area contributed by atoms with Crippen molar-refractivity contribution in [2.24, 2.45) is 0 Å². The number of fused-ring (bicyclic) bond motifs is 3. The van der Waals surface area contributed by atoms with E-state index in [-0.39, 0.29) is 0 Å². The van der Waals surface area contributed by atoms with Crippen molar-refractivity contribution in [2.45, 2.75) is 46.1 Å². The van der Waals surface area contributed by atoms with E-state index < -0.39 is 0 Å². The molecule has 1 nitrogen and oxygen atoms in total. The van der Waals surface area contributed by atoms with Gasteiger partial charge in [-0.3, -0.25) is 0 Å². The van der Waals surface area contributed by atoms with Gasteiger partial charge in [0.25, 0.3) is 0 Å². The molecule has 0 spiro atoms. The molecule has 84 valence electrons. The fourth-order valence-electron chi connectivity index (χ4n) is 3.22. The lowest BCUT2D eigenvalue weighted by molar-refractivity contribution is 0.630. The molecule has 0 radical (unpaired) electrons. The van der Waals surface area contributed by atoms with Crippen LogP contribution in [0, 0.1) is 6.92 Å². The molecule has 0 N–H and O–H groups in total. The first kappa shape index (κ1) is 9.95. The molecule has 0 fully saturated rings. The monoisotopic (exact) mass is 213 g/mol. The molecular formula is C15H19N. The second-order valence-corrected chi connectivity index (χ2v) is 4.85. The number of benzene rings is 1. The summed E-state index contributed by atoms with van der Waals surface area (Å²) in [5.41, 5.74) is 6.15. The molecule has 1 heteroatoms. The molecular weight excluding hydrogens is 194 g/mol. The summed E-state index contributed by atoms with van der Waals surface area (Å²) in [6, 6.07) is 6.74. The normalized spacial score (nSPS) is 15.4. The Morgan fingerprint density at radius 1 is 1.19 bits per heavy atom. The van der Waals surface area contributed by atoms with Gasteiger partial charge in [0.15, 0.2) is 0 Å². The lowest BCUT2D eigenvalue weighted by Gasteiger charge is -2.14. The number of nitrogens with zero attached hydrogens (tertiary/aromatic N) is 1. The summed E-state index contributed by atoms with van der Waals surface area (Å²) in [5.74, 6) is 0. The molecule has 1 aromatic heterocycles. The Hall–Kier alpha value is -1.24. The van der Waals surface area contributed by atoms with Crippen LogP contribution in [0.15, 0.2) is 18.2 Å². The van der Waals surface area contributed by atoms with E-state index >= 15 is 0 Å². The highest BCUT2D eigenvalue weighted by atomic mass is 15.0. The summed E-state index contributed by atoms with van der Waals surface area (Å²) < 4.78 is 2.54. The molecule has 0 saturated carbocycles. The highest BCUT2D eigenvalue weighted by molar-refractivity contribution is 5.88. The van der Waals surface area contributed by atoms with Crippen molar-refractivity contribution in [3.8, 4) is 0 Å². The van der Waals surface area contributed by atoms with Gasteiger partial charge in [-0.15, -0.1) is 0 Å². The van der Waals surface area contributed by atoms with Crippen molar-refractivity contribution in [3.05, 3.63) is 35.0 Å². The fraction of sp³-hybridized carbons (Fsp3) is 0.467. The predicted octanol–water partition coefficient (Wildman–Crippen LogP) is 3.85. The minimum Gasteiger partial charge on any atom is -0.344 e. The molecule has 1 aliphatic carbocycles. The Kier molecular flexibility index (Phi) is 2.27. The SMILES string of the molecule is CCn1c2c(c3cccc(C)c31)CCCC2. The summed E-state index contributed by atoms with van der Waals surface area (Å²) in [5, 5.41) is 1.51. The number of hydrogen-bond acceptors (Lipinski definition) is 0. The second-order valence-electron chi connectivity index (χ2n) is 4.85. The van der Waals surface area contributed by atoms with Crippen LogP contribution in [0.2, 0.25) is 0 Å². The lowest BCUT2D eigenvalue weighted by atomic mass is 9.95. The standard InChI is InChI=1S/C15H19N/c1-3-16-14-10-5-4-8-12(14)13-9-6-7-11(2)15(13)16/h6-7,9H,3-5,8,10H2,1-2H3. The Morgan fingerprint density at radius 2 is 2.00 bits per heavy atom. The van der Waals surface area contributed by atoms with E-state index in [1.165, 1.54) is 42.1 Å². The third kappa shape index (κ3) is 1.24. The van der Waals surface area contributed by atoms with Crippen LogP contribution < -0.4 is 0 Å². The van der Waals surface area contributed by atoms with Gasteiger partial charge in [0, 0.05) is 17.6 Å². The molecule has 0 amide bonds. The molecule has 2 aromatic rings. The van der Waals surface area contributed by atoms with Crippen LogP contribution in [0.5, 0.6) is 0 Å². The van der Waals surface area contributed by atoms with E-state index in [9.17, 15) is 0 Å². The zero-order valence-corrected chi connectivity index (χ0v) is 10.2. The lowest BCUT2D eigenvalue weighted by Crippen LogP contribution is -2.07. The van der Waals surface area contributed by atoms with Gasteiger partial charge in [-0.25, -0.2) is 0 Å². The van der Waals surface area contributed by atoms with Gasteiger partial charge in [0.1, 0.15) is 0 Å². The van der Waals surface area contributed by atoms with Crippen molar-refractivity contribution >= 4 is 10.9 Å². The first-order chi connectivity index (χ1) is 7.83. The third-order valence-corrected chi connectivity index (χ3v) is 3.91. The van der Waals surface area contributed by atoms with Crippen LogP contribution in [-0.4, -0.2) is 4.57 Å². The zero-order chi connectivity index (χ0) is 11.1. The summed E-state index contributed by atoms with van der Waals surface area (Å²) in [4.78, 5) is 0. The predicted molar refractivity (Wildman–Crippen MR) is 69.0 cm³/mol. The smallest absolute Gasteiger partial charge is 0.0514 e. The number of aryl methyl sites for hydroxylation is 3. The molecule has 1 heterocycles. The van der Waals surface area contributed by atoms with Crippen LogP contribution in [0.4, 0.5) is 0 Å². The molecule has 16 heavy (non-hydrogen) atoms. The van der Waals surface area contributed by atoms with E-state index in [1.54, 1.807) is 11.3 Å². The topological polar surface area (TPSA) is 4.93 Å². The van der Waals surface area contributed by atoms with Gasteiger partial charge in [-0.1, -0.05) is 18.2 Å². The largest absolute Gasteiger partial charge is 0.344 e. The van der Waals surface area contributed by atoms with Gasteiger partial charge < -0.3 is 4.57 Å². The van der Waals surface area contributed by atoms with Crippen molar-refractivity contribution in [3.63, 3.8) is 0 Å². The van der Waals surface area contributed by atoms with E-state index in [0.29, 0.717) is 0 Å². The number of aromatic nitrogens is 1. The molecule has 0 saturated heterocycles. The maximum atomic E-state index is 2.54. The highest BCUT2D eigenvalue weighted by Crippen LogP contribution is 2.33. The van der Waals surface area contributed by atoms with Gasteiger partial charge in [-0.2, -0.15) is 0 Å². The van der Waals surface area contributed by atoms with Gasteiger partial charge in [0.05, 0.1) is 5.52 Å². The molecule has 0 unspecified atom stereocenters. The average Bonchev–Trinajstić information content (AvgIpc) is 2.65. The van der Waals surface area contributed by atoms with Crippen LogP contribution in [0.25, 0.3) is 10.9 Å². The molecule has 0 aliphatic heterocycles. The average molecular weight is 213 g/mol.